The lowest BCUT2D eigenvalue weighted by Crippen LogP contribution is -2.37. The van der Waals surface area contributed by atoms with E-state index in [0.717, 1.165) is 3.57 Å². The van der Waals surface area contributed by atoms with Crippen molar-refractivity contribution in [2.75, 3.05) is 18.4 Å². The number of halogens is 2. The van der Waals surface area contributed by atoms with E-state index in [1.165, 1.54) is 4.90 Å². The number of nitrogens with zero attached hydrogens (tertiary/aromatic N) is 1. The predicted molar refractivity (Wildman–Crippen MR) is 85.1 cm³/mol. The second-order valence-corrected chi connectivity index (χ2v) is 6.69. The molecule has 2 amide bonds. The van der Waals surface area contributed by atoms with Crippen LogP contribution < -0.4 is 5.32 Å². The van der Waals surface area contributed by atoms with E-state index >= 15 is 0 Å². The van der Waals surface area contributed by atoms with Crippen LogP contribution >= 0.6 is 34.2 Å². The number of hydrogen-bond donors (Lipinski definition) is 2. The van der Waals surface area contributed by atoms with Crippen LogP contribution in [0.15, 0.2) is 18.2 Å². The van der Waals surface area contributed by atoms with Crippen molar-refractivity contribution < 1.29 is 14.7 Å². The molecule has 1 aliphatic rings. The summed E-state index contributed by atoms with van der Waals surface area (Å²) in [4.78, 5) is 24.8. The lowest BCUT2D eigenvalue weighted by atomic mass is 9.90. The summed E-state index contributed by atoms with van der Waals surface area (Å²) in [5, 5.41) is 12.5. The van der Waals surface area contributed by atoms with Crippen molar-refractivity contribution in [1.29, 1.82) is 0 Å². The van der Waals surface area contributed by atoms with Gasteiger partial charge in [-0.2, -0.15) is 0 Å². The fourth-order valence-electron chi connectivity index (χ4n) is 2.09. The normalized spacial score (nSPS) is 21.9. The zero-order valence-electron chi connectivity index (χ0n) is 10.8. The highest BCUT2D eigenvalue weighted by Crippen LogP contribution is 2.31. The Kier molecular flexibility index (Phi) is 4.43. The first-order chi connectivity index (χ1) is 9.32. The average Bonchev–Trinajstić information content (AvgIpc) is 2.77. The van der Waals surface area contributed by atoms with Crippen molar-refractivity contribution in [3.63, 3.8) is 0 Å². The van der Waals surface area contributed by atoms with E-state index in [1.807, 2.05) is 0 Å². The number of carbonyl (C=O) groups excluding carboxylic acids is 1. The van der Waals surface area contributed by atoms with E-state index in [-0.39, 0.29) is 12.6 Å². The quantitative estimate of drug-likeness (QED) is 0.738. The molecule has 2 N–H and O–H groups in total. The van der Waals surface area contributed by atoms with E-state index in [0.29, 0.717) is 23.7 Å². The zero-order chi connectivity index (χ0) is 14.9. The van der Waals surface area contributed by atoms with Crippen molar-refractivity contribution >= 4 is 51.9 Å². The number of aliphatic carboxylic acids is 1. The standard InChI is InChI=1S/C13H14ClIN2O3/c1-13(11(18)19)4-5-17(7-13)12(20)16-10-3-2-8(14)6-9(10)15/h2-3,6H,4-5,7H2,1H3,(H,16,20)(H,18,19). The SMILES string of the molecule is CC1(C(=O)O)CCN(C(=O)Nc2ccc(Cl)cc2I)C1. The van der Waals surface area contributed by atoms with E-state index in [2.05, 4.69) is 27.9 Å². The minimum absolute atomic E-state index is 0.221. The first-order valence-electron chi connectivity index (χ1n) is 6.06. The number of benzene rings is 1. The molecule has 0 radical (unpaired) electrons. The van der Waals surface area contributed by atoms with Crippen molar-refractivity contribution in [3.8, 4) is 0 Å². The minimum atomic E-state index is -0.867. The van der Waals surface area contributed by atoms with Gasteiger partial charge >= 0.3 is 12.0 Å². The number of anilines is 1. The van der Waals surface area contributed by atoms with Gasteiger partial charge in [0, 0.05) is 21.7 Å². The highest BCUT2D eigenvalue weighted by atomic mass is 127. The number of amides is 2. The summed E-state index contributed by atoms with van der Waals surface area (Å²) in [6.07, 6.45) is 0.466. The van der Waals surface area contributed by atoms with Crippen LogP contribution in [0.25, 0.3) is 0 Å². The highest BCUT2D eigenvalue weighted by molar-refractivity contribution is 14.1. The van der Waals surface area contributed by atoms with Crippen molar-refractivity contribution in [2.45, 2.75) is 13.3 Å². The van der Waals surface area contributed by atoms with Crippen LogP contribution in [0.4, 0.5) is 10.5 Å². The Morgan fingerprint density at radius 1 is 1.50 bits per heavy atom. The molecule has 1 heterocycles. The van der Waals surface area contributed by atoms with Crippen LogP contribution in [0.5, 0.6) is 0 Å². The largest absolute Gasteiger partial charge is 0.481 e. The van der Waals surface area contributed by atoms with E-state index in [1.54, 1.807) is 25.1 Å². The molecule has 1 atom stereocenters. The molecule has 1 unspecified atom stereocenters. The fourth-order valence-corrected chi connectivity index (χ4v) is 3.10. The Balaban J connectivity index is 2.05. The summed E-state index contributed by atoms with van der Waals surface area (Å²) in [6.45, 7) is 2.33. The van der Waals surface area contributed by atoms with Crippen molar-refractivity contribution in [3.05, 3.63) is 26.8 Å². The number of hydrogen-bond acceptors (Lipinski definition) is 2. The number of carboxylic acid groups (broad SMARTS) is 1. The molecular formula is C13H14ClIN2O3. The molecule has 1 aromatic carbocycles. The number of carbonyl (C=O) groups is 2. The highest BCUT2D eigenvalue weighted by Gasteiger charge is 2.42. The lowest BCUT2D eigenvalue weighted by molar-refractivity contribution is -0.146. The zero-order valence-corrected chi connectivity index (χ0v) is 13.7. The van der Waals surface area contributed by atoms with Gasteiger partial charge in [-0.05, 0) is 54.1 Å². The van der Waals surface area contributed by atoms with Crippen LogP contribution in [0, 0.1) is 8.99 Å². The molecule has 0 bridgehead atoms. The van der Waals surface area contributed by atoms with Gasteiger partial charge in [-0.25, -0.2) is 4.79 Å². The molecule has 0 spiro atoms. The van der Waals surface area contributed by atoms with E-state index < -0.39 is 11.4 Å². The molecule has 7 heteroatoms. The van der Waals surface area contributed by atoms with Crippen LogP contribution in [-0.2, 0) is 4.79 Å². The van der Waals surface area contributed by atoms with Crippen LogP contribution in [0.3, 0.4) is 0 Å². The Labute approximate surface area is 135 Å². The van der Waals surface area contributed by atoms with Gasteiger partial charge in [0.15, 0.2) is 0 Å². The van der Waals surface area contributed by atoms with Gasteiger partial charge in [0.2, 0.25) is 0 Å². The summed E-state index contributed by atoms with van der Waals surface area (Å²) in [5.74, 6) is -0.867. The number of likely N-dealkylation sites (tertiary alicyclic amines) is 1. The molecule has 1 aliphatic heterocycles. The molecule has 20 heavy (non-hydrogen) atoms. The fraction of sp³-hybridized carbons (Fsp3) is 0.385. The molecule has 5 nitrogen and oxygen atoms in total. The van der Waals surface area contributed by atoms with Gasteiger partial charge in [0.1, 0.15) is 0 Å². The second-order valence-electron chi connectivity index (χ2n) is 5.09. The van der Waals surface area contributed by atoms with Gasteiger partial charge in [0.25, 0.3) is 0 Å². The van der Waals surface area contributed by atoms with Gasteiger partial charge in [-0.1, -0.05) is 11.6 Å². The van der Waals surface area contributed by atoms with E-state index in [9.17, 15) is 9.59 Å². The van der Waals surface area contributed by atoms with Crippen molar-refractivity contribution in [2.24, 2.45) is 5.41 Å². The molecular weight excluding hydrogens is 395 g/mol. The van der Waals surface area contributed by atoms with Gasteiger partial charge in [-0.15, -0.1) is 0 Å². The monoisotopic (exact) mass is 408 g/mol. The Morgan fingerprint density at radius 3 is 2.75 bits per heavy atom. The number of urea groups is 1. The molecule has 1 saturated heterocycles. The van der Waals surface area contributed by atoms with Gasteiger partial charge in [0.05, 0.1) is 11.1 Å². The maximum atomic E-state index is 12.1. The molecule has 0 aromatic heterocycles. The van der Waals surface area contributed by atoms with Gasteiger partial charge < -0.3 is 15.3 Å². The topological polar surface area (TPSA) is 69.6 Å². The minimum Gasteiger partial charge on any atom is -0.481 e. The van der Waals surface area contributed by atoms with Crippen LogP contribution in [0.2, 0.25) is 5.02 Å². The number of nitrogens with one attached hydrogen (secondary N) is 1. The molecule has 1 fully saturated rings. The Hall–Kier alpha value is -1.02. The Bertz CT molecular complexity index is 567. The summed E-state index contributed by atoms with van der Waals surface area (Å²) < 4.78 is 0.837. The predicted octanol–water partition coefficient (Wildman–Crippen LogP) is 3.27. The molecule has 2 rings (SSSR count). The maximum absolute atomic E-state index is 12.1. The van der Waals surface area contributed by atoms with Crippen LogP contribution in [-0.4, -0.2) is 35.1 Å². The third kappa shape index (κ3) is 3.17. The molecule has 1 aromatic rings. The second kappa shape index (κ2) is 5.77. The average molecular weight is 409 g/mol. The van der Waals surface area contributed by atoms with Crippen molar-refractivity contribution in [1.82, 2.24) is 4.90 Å². The smallest absolute Gasteiger partial charge is 0.321 e. The summed E-state index contributed by atoms with van der Waals surface area (Å²) >= 11 is 7.95. The molecule has 108 valence electrons. The first kappa shape index (κ1) is 15.4. The third-order valence-electron chi connectivity index (χ3n) is 3.45. The lowest BCUT2D eigenvalue weighted by Gasteiger charge is -2.20. The molecule has 0 saturated carbocycles. The maximum Gasteiger partial charge on any atom is 0.321 e. The summed E-state index contributed by atoms with van der Waals surface area (Å²) in [6, 6.07) is 4.90. The third-order valence-corrected chi connectivity index (χ3v) is 4.58. The number of rotatable bonds is 2. The number of carboxylic acids is 1. The summed E-state index contributed by atoms with van der Waals surface area (Å²) in [7, 11) is 0. The first-order valence-corrected chi connectivity index (χ1v) is 7.52. The summed E-state index contributed by atoms with van der Waals surface area (Å²) in [5.41, 5.74) is -0.186. The molecule has 0 aliphatic carbocycles. The van der Waals surface area contributed by atoms with Crippen LogP contribution in [0.1, 0.15) is 13.3 Å². The Morgan fingerprint density at radius 2 is 2.20 bits per heavy atom. The van der Waals surface area contributed by atoms with Gasteiger partial charge in [-0.3, -0.25) is 4.79 Å². The van der Waals surface area contributed by atoms with E-state index in [4.69, 9.17) is 16.7 Å².